The molecule has 6 nitrogen and oxygen atoms in total. The van der Waals surface area contributed by atoms with Crippen molar-refractivity contribution < 1.29 is 14.3 Å². The molecule has 0 aliphatic heterocycles. The molecule has 1 aromatic rings. The van der Waals surface area contributed by atoms with E-state index in [-0.39, 0.29) is 18.5 Å². The molecule has 0 aromatic heterocycles. The summed E-state index contributed by atoms with van der Waals surface area (Å²) in [5.41, 5.74) is 1.17. The van der Waals surface area contributed by atoms with Crippen molar-refractivity contribution in [1.82, 2.24) is 5.32 Å². The maximum atomic E-state index is 11.6. The molecule has 0 aliphatic carbocycles. The molecular weight excluding hydrogens is 246 g/mol. The summed E-state index contributed by atoms with van der Waals surface area (Å²) in [5, 5.41) is 8.28. The number of carbonyl (C=O) groups excluding carboxylic acids is 2. The van der Waals surface area contributed by atoms with Crippen LogP contribution in [-0.2, 0) is 9.53 Å². The third-order valence-corrected chi connectivity index (χ3v) is 2.25. The van der Waals surface area contributed by atoms with E-state index in [9.17, 15) is 9.59 Å². The SMILES string of the molecule is COC(=O)Nc1cccc(NC(=O)CNC(C)C)c1. The van der Waals surface area contributed by atoms with E-state index in [2.05, 4.69) is 20.7 Å². The van der Waals surface area contributed by atoms with Gasteiger partial charge in [0.2, 0.25) is 5.91 Å². The molecule has 1 rings (SSSR count). The van der Waals surface area contributed by atoms with E-state index in [1.54, 1.807) is 24.3 Å². The van der Waals surface area contributed by atoms with Gasteiger partial charge in [-0.2, -0.15) is 0 Å². The summed E-state index contributed by atoms with van der Waals surface area (Å²) in [7, 11) is 1.29. The average molecular weight is 265 g/mol. The second-order valence-electron chi connectivity index (χ2n) is 4.28. The summed E-state index contributed by atoms with van der Waals surface area (Å²) in [4.78, 5) is 22.7. The Morgan fingerprint density at radius 3 is 2.42 bits per heavy atom. The topological polar surface area (TPSA) is 79.5 Å². The van der Waals surface area contributed by atoms with Gasteiger partial charge in [0.15, 0.2) is 0 Å². The van der Waals surface area contributed by atoms with Gasteiger partial charge in [-0.25, -0.2) is 4.79 Å². The fourth-order valence-electron chi connectivity index (χ4n) is 1.35. The molecule has 0 aliphatic rings. The minimum atomic E-state index is -0.551. The number of amides is 2. The highest BCUT2D eigenvalue weighted by atomic mass is 16.5. The van der Waals surface area contributed by atoms with E-state index in [1.807, 2.05) is 13.8 Å². The van der Waals surface area contributed by atoms with Crippen LogP contribution in [0.4, 0.5) is 16.2 Å². The molecule has 0 radical (unpaired) electrons. The van der Waals surface area contributed by atoms with Crippen molar-refractivity contribution in [1.29, 1.82) is 0 Å². The number of methoxy groups -OCH3 is 1. The minimum absolute atomic E-state index is 0.135. The lowest BCUT2D eigenvalue weighted by molar-refractivity contribution is -0.115. The van der Waals surface area contributed by atoms with Gasteiger partial charge in [-0.15, -0.1) is 0 Å². The number of nitrogens with one attached hydrogen (secondary N) is 3. The summed E-state index contributed by atoms with van der Waals surface area (Å²) in [6.45, 7) is 4.18. The molecule has 19 heavy (non-hydrogen) atoms. The second kappa shape index (κ2) is 7.38. The second-order valence-corrected chi connectivity index (χ2v) is 4.28. The van der Waals surface area contributed by atoms with Crippen LogP contribution < -0.4 is 16.0 Å². The highest BCUT2D eigenvalue weighted by Crippen LogP contribution is 2.15. The number of ether oxygens (including phenoxy) is 1. The Bertz CT molecular complexity index is 447. The molecule has 6 heteroatoms. The standard InChI is InChI=1S/C13H19N3O3/c1-9(2)14-8-12(17)15-10-5-4-6-11(7-10)16-13(18)19-3/h4-7,9,14H,8H2,1-3H3,(H,15,17)(H,16,18). The fraction of sp³-hybridized carbons (Fsp3) is 0.385. The van der Waals surface area contributed by atoms with Gasteiger partial charge in [0.1, 0.15) is 0 Å². The van der Waals surface area contributed by atoms with Gasteiger partial charge in [-0.1, -0.05) is 19.9 Å². The fourth-order valence-corrected chi connectivity index (χ4v) is 1.35. The van der Waals surface area contributed by atoms with E-state index in [4.69, 9.17) is 0 Å². The first kappa shape index (κ1) is 15.0. The van der Waals surface area contributed by atoms with Crippen LogP contribution in [0.5, 0.6) is 0 Å². The molecular formula is C13H19N3O3. The van der Waals surface area contributed by atoms with Gasteiger partial charge in [-0.3, -0.25) is 10.1 Å². The first-order chi connectivity index (χ1) is 9.01. The molecule has 0 heterocycles. The van der Waals surface area contributed by atoms with E-state index in [1.165, 1.54) is 7.11 Å². The van der Waals surface area contributed by atoms with Crippen molar-refractivity contribution in [3.05, 3.63) is 24.3 Å². The molecule has 3 N–H and O–H groups in total. The molecule has 0 fully saturated rings. The Hall–Kier alpha value is -2.08. The number of carbonyl (C=O) groups is 2. The van der Waals surface area contributed by atoms with Gasteiger partial charge in [0, 0.05) is 17.4 Å². The van der Waals surface area contributed by atoms with Gasteiger partial charge in [0.05, 0.1) is 13.7 Å². The zero-order chi connectivity index (χ0) is 14.3. The third kappa shape index (κ3) is 5.87. The monoisotopic (exact) mass is 265 g/mol. The van der Waals surface area contributed by atoms with Crippen LogP contribution in [0.2, 0.25) is 0 Å². The van der Waals surface area contributed by atoms with Crippen molar-refractivity contribution in [3.8, 4) is 0 Å². The minimum Gasteiger partial charge on any atom is -0.453 e. The number of rotatable bonds is 5. The zero-order valence-electron chi connectivity index (χ0n) is 11.3. The number of anilines is 2. The maximum absolute atomic E-state index is 11.6. The van der Waals surface area contributed by atoms with Crippen molar-refractivity contribution in [2.75, 3.05) is 24.3 Å². The largest absolute Gasteiger partial charge is 0.453 e. The molecule has 0 saturated carbocycles. The van der Waals surface area contributed by atoms with Gasteiger partial charge in [0.25, 0.3) is 0 Å². The van der Waals surface area contributed by atoms with E-state index in [0.29, 0.717) is 11.4 Å². The zero-order valence-corrected chi connectivity index (χ0v) is 11.3. The van der Waals surface area contributed by atoms with Gasteiger partial charge < -0.3 is 15.4 Å². The Morgan fingerprint density at radius 1 is 1.21 bits per heavy atom. The molecule has 0 bridgehead atoms. The summed E-state index contributed by atoms with van der Waals surface area (Å²) in [6, 6.07) is 7.09. The Morgan fingerprint density at radius 2 is 1.84 bits per heavy atom. The quantitative estimate of drug-likeness (QED) is 0.758. The summed E-state index contributed by atoms with van der Waals surface area (Å²) >= 11 is 0. The van der Waals surface area contributed by atoms with Crippen molar-refractivity contribution in [2.24, 2.45) is 0 Å². The van der Waals surface area contributed by atoms with Crippen molar-refractivity contribution in [2.45, 2.75) is 19.9 Å². The van der Waals surface area contributed by atoms with Gasteiger partial charge >= 0.3 is 6.09 Å². The lowest BCUT2D eigenvalue weighted by atomic mass is 10.2. The predicted octanol–water partition coefficient (Wildman–Crippen LogP) is 1.80. The Labute approximate surface area is 112 Å². The average Bonchev–Trinajstić information content (AvgIpc) is 2.36. The van der Waals surface area contributed by atoms with Crippen LogP contribution in [0.15, 0.2) is 24.3 Å². The van der Waals surface area contributed by atoms with Crippen LogP contribution in [-0.4, -0.2) is 31.7 Å². The van der Waals surface area contributed by atoms with Crippen LogP contribution in [0.25, 0.3) is 0 Å². The Balaban J connectivity index is 2.56. The van der Waals surface area contributed by atoms with E-state index < -0.39 is 6.09 Å². The maximum Gasteiger partial charge on any atom is 0.411 e. The number of hydrogen-bond donors (Lipinski definition) is 3. The summed E-state index contributed by atoms with van der Waals surface area (Å²) < 4.78 is 4.49. The molecule has 1 aromatic carbocycles. The normalized spacial score (nSPS) is 10.1. The highest BCUT2D eigenvalue weighted by Gasteiger charge is 2.05. The van der Waals surface area contributed by atoms with Crippen LogP contribution in [0, 0.1) is 0 Å². The lowest BCUT2D eigenvalue weighted by Gasteiger charge is -2.10. The van der Waals surface area contributed by atoms with Crippen LogP contribution >= 0.6 is 0 Å². The van der Waals surface area contributed by atoms with Crippen LogP contribution in [0.3, 0.4) is 0 Å². The van der Waals surface area contributed by atoms with Gasteiger partial charge in [-0.05, 0) is 18.2 Å². The molecule has 104 valence electrons. The summed E-state index contributed by atoms with van der Waals surface area (Å²) in [5.74, 6) is -0.135. The molecule has 2 amide bonds. The molecule has 0 unspecified atom stereocenters. The Kier molecular flexibility index (Phi) is 5.81. The highest BCUT2D eigenvalue weighted by molar-refractivity contribution is 5.93. The number of hydrogen-bond acceptors (Lipinski definition) is 4. The van der Waals surface area contributed by atoms with Crippen molar-refractivity contribution in [3.63, 3.8) is 0 Å². The first-order valence-corrected chi connectivity index (χ1v) is 5.99. The lowest BCUT2D eigenvalue weighted by Crippen LogP contribution is -2.32. The summed E-state index contributed by atoms with van der Waals surface area (Å²) in [6.07, 6.45) is -0.551. The van der Waals surface area contributed by atoms with Crippen LogP contribution in [0.1, 0.15) is 13.8 Å². The van der Waals surface area contributed by atoms with E-state index >= 15 is 0 Å². The predicted molar refractivity (Wildman–Crippen MR) is 74.2 cm³/mol. The number of benzene rings is 1. The van der Waals surface area contributed by atoms with E-state index in [0.717, 1.165) is 0 Å². The smallest absolute Gasteiger partial charge is 0.411 e. The third-order valence-electron chi connectivity index (χ3n) is 2.25. The molecule has 0 spiro atoms. The first-order valence-electron chi connectivity index (χ1n) is 5.99. The van der Waals surface area contributed by atoms with Crippen molar-refractivity contribution >= 4 is 23.4 Å². The molecule has 0 saturated heterocycles. The molecule has 0 atom stereocenters.